The molecule has 4 rings (SSSR count). The van der Waals surface area contributed by atoms with Crippen LogP contribution >= 0.6 is 0 Å². The molecular formula is C22H27N5O3. The van der Waals surface area contributed by atoms with Crippen molar-refractivity contribution in [3.05, 3.63) is 52.2 Å². The molecule has 1 aliphatic rings. The van der Waals surface area contributed by atoms with Gasteiger partial charge in [-0.15, -0.1) is 0 Å². The average Bonchev–Trinajstić information content (AvgIpc) is 3.11. The molecule has 1 fully saturated rings. The topological polar surface area (TPSA) is 82.2 Å². The van der Waals surface area contributed by atoms with Gasteiger partial charge in [0.05, 0.1) is 24.1 Å². The summed E-state index contributed by atoms with van der Waals surface area (Å²) in [5.74, 6) is 0.594. The first-order valence-electron chi connectivity index (χ1n) is 10.3. The Morgan fingerprint density at radius 1 is 1.13 bits per heavy atom. The van der Waals surface area contributed by atoms with E-state index < -0.39 is 0 Å². The molecule has 8 nitrogen and oxygen atoms in total. The summed E-state index contributed by atoms with van der Waals surface area (Å²) in [7, 11) is 0. The summed E-state index contributed by atoms with van der Waals surface area (Å²) in [6, 6.07) is 7.90. The van der Waals surface area contributed by atoms with Gasteiger partial charge in [0.1, 0.15) is 11.2 Å². The highest BCUT2D eigenvalue weighted by molar-refractivity contribution is 5.77. The number of carbonyl (C=O) groups is 1. The Balaban J connectivity index is 1.57. The quantitative estimate of drug-likeness (QED) is 0.660. The van der Waals surface area contributed by atoms with Gasteiger partial charge in [-0.1, -0.05) is 17.7 Å². The van der Waals surface area contributed by atoms with Crippen LogP contribution in [0.15, 0.2) is 35.3 Å². The lowest BCUT2D eigenvalue weighted by Crippen LogP contribution is -2.48. The van der Waals surface area contributed by atoms with Gasteiger partial charge in [-0.2, -0.15) is 5.10 Å². The van der Waals surface area contributed by atoms with Crippen LogP contribution in [-0.2, 0) is 16.1 Å². The van der Waals surface area contributed by atoms with E-state index in [2.05, 4.69) is 10.1 Å². The number of fused-ring (bicyclic) bond motifs is 1. The number of nitrogens with zero attached hydrogens (tertiary/aromatic N) is 5. The number of rotatable bonds is 4. The maximum atomic E-state index is 13.1. The van der Waals surface area contributed by atoms with E-state index >= 15 is 0 Å². The highest BCUT2D eigenvalue weighted by atomic mass is 16.5. The number of hydrogen-bond acceptors (Lipinski definition) is 5. The lowest BCUT2D eigenvalue weighted by molar-refractivity contribution is -0.143. The fraction of sp³-hybridized carbons (Fsp3) is 0.455. The third-order valence-electron chi connectivity index (χ3n) is 5.48. The smallest absolute Gasteiger partial charge is 0.264 e. The summed E-state index contributed by atoms with van der Waals surface area (Å²) in [4.78, 5) is 32.2. The Bertz CT molecular complexity index is 1120. The number of aromatic nitrogens is 4. The van der Waals surface area contributed by atoms with Gasteiger partial charge in [-0.05, 0) is 39.8 Å². The lowest BCUT2D eigenvalue weighted by atomic mass is 10.2. The first-order chi connectivity index (χ1) is 14.3. The molecule has 3 aromatic rings. The van der Waals surface area contributed by atoms with Crippen LogP contribution in [0, 0.1) is 13.8 Å². The van der Waals surface area contributed by atoms with Crippen molar-refractivity contribution in [2.75, 3.05) is 13.1 Å². The van der Waals surface area contributed by atoms with E-state index in [-0.39, 0.29) is 30.1 Å². The van der Waals surface area contributed by atoms with Crippen LogP contribution in [-0.4, -0.2) is 55.4 Å². The Kier molecular flexibility index (Phi) is 5.42. The molecule has 8 heteroatoms. The van der Waals surface area contributed by atoms with E-state index in [1.165, 1.54) is 0 Å². The highest BCUT2D eigenvalue weighted by Gasteiger charge is 2.26. The summed E-state index contributed by atoms with van der Waals surface area (Å²) in [5, 5.41) is 4.82. The van der Waals surface area contributed by atoms with Crippen LogP contribution in [0.1, 0.15) is 31.7 Å². The maximum absolute atomic E-state index is 13.1. The predicted octanol–water partition coefficient (Wildman–Crippen LogP) is 2.22. The molecule has 1 aliphatic heterocycles. The third-order valence-corrected chi connectivity index (χ3v) is 5.48. The normalized spacial score (nSPS) is 19.4. The molecule has 1 aromatic carbocycles. The molecule has 0 aliphatic carbocycles. The summed E-state index contributed by atoms with van der Waals surface area (Å²) >= 11 is 0. The third kappa shape index (κ3) is 3.87. The minimum atomic E-state index is -0.174. The van der Waals surface area contributed by atoms with Crippen LogP contribution in [0.25, 0.3) is 16.7 Å². The molecular weight excluding hydrogens is 382 g/mol. The fourth-order valence-corrected chi connectivity index (χ4v) is 3.99. The number of amides is 1. The number of ether oxygens (including phenoxy) is 1. The van der Waals surface area contributed by atoms with Crippen LogP contribution in [0.5, 0.6) is 0 Å². The van der Waals surface area contributed by atoms with E-state index in [1.54, 1.807) is 22.4 Å². The van der Waals surface area contributed by atoms with Crippen molar-refractivity contribution in [1.82, 2.24) is 24.2 Å². The number of hydrogen-bond donors (Lipinski definition) is 0. The zero-order valence-corrected chi connectivity index (χ0v) is 17.8. The van der Waals surface area contributed by atoms with Gasteiger partial charge in [0.15, 0.2) is 5.65 Å². The molecule has 0 saturated carbocycles. The van der Waals surface area contributed by atoms with Crippen molar-refractivity contribution in [3.63, 3.8) is 0 Å². The second kappa shape index (κ2) is 8.02. The number of carbonyl (C=O) groups excluding carboxylic acids is 1. The van der Waals surface area contributed by atoms with E-state index in [0.29, 0.717) is 36.5 Å². The van der Waals surface area contributed by atoms with Crippen molar-refractivity contribution in [1.29, 1.82) is 0 Å². The van der Waals surface area contributed by atoms with Crippen molar-refractivity contribution < 1.29 is 9.53 Å². The Hall–Kier alpha value is -3.00. The van der Waals surface area contributed by atoms with E-state index in [0.717, 1.165) is 11.3 Å². The molecule has 0 spiro atoms. The van der Waals surface area contributed by atoms with Gasteiger partial charge < -0.3 is 9.64 Å². The predicted molar refractivity (Wildman–Crippen MR) is 114 cm³/mol. The van der Waals surface area contributed by atoms with Crippen molar-refractivity contribution >= 4 is 16.9 Å². The van der Waals surface area contributed by atoms with Gasteiger partial charge in [-0.25, -0.2) is 9.67 Å². The minimum absolute atomic E-state index is 0.0211. The van der Waals surface area contributed by atoms with Gasteiger partial charge >= 0.3 is 0 Å². The lowest BCUT2D eigenvalue weighted by Gasteiger charge is -2.35. The van der Waals surface area contributed by atoms with E-state index in [9.17, 15) is 9.59 Å². The Labute approximate surface area is 175 Å². The van der Waals surface area contributed by atoms with Gasteiger partial charge in [-0.3, -0.25) is 14.2 Å². The molecule has 3 heterocycles. The van der Waals surface area contributed by atoms with Crippen molar-refractivity contribution in [2.45, 2.75) is 52.9 Å². The molecule has 1 saturated heterocycles. The number of morpholine rings is 1. The molecule has 2 unspecified atom stereocenters. The molecule has 158 valence electrons. The van der Waals surface area contributed by atoms with Crippen molar-refractivity contribution in [2.24, 2.45) is 0 Å². The average molecular weight is 409 g/mol. The fourth-order valence-electron chi connectivity index (χ4n) is 3.99. The number of aryl methyl sites for hydroxylation is 2. The standard InChI is InChI=1S/C22H27N5O3/c1-14-5-7-18(8-6-14)27-21-19(11-23-27)22(29)26(17(4)24-21)10-9-20(28)25-12-15(2)30-16(3)13-25/h5-8,11,15-16H,9-10,12-13H2,1-4H3. The number of benzene rings is 1. The van der Waals surface area contributed by atoms with E-state index in [1.807, 2.05) is 49.9 Å². The van der Waals surface area contributed by atoms with Crippen LogP contribution < -0.4 is 5.56 Å². The van der Waals surface area contributed by atoms with Gasteiger partial charge in [0.25, 0.3) is 5.56 Å². The monoisotopic (exact) mass is 409 g/mol. The van der Waals surface area contributed by atoms with Crippen LogP contribution in [0.2, 0.25) is 0 Å². The minimum Gasteiger partial charge on any atom is -0.372 e. The van der Waals surface area contributed by atoms with Gasteiger partial charge in [0.2, 0.25) is 5.91 Å². The molecule has 0 bridgehead atoms. The van der Waals surface area contributed by atoms with Crippen LogP contribution in [0.3, 0.4) is 0 Å². The zero-order valence-electron chi connectivity index (χ0n) is 17.8. The first-order valence-corrected chi connectivity index (χ1v) is 10.3. The molecule has 1 amide bonds. The summed E-state index contributed by atoms with van der Waals surface area (Å²) in [6.45, 7) is 9.20. The Morgan fingerprint density at radius 2 is 1.80 bits per heavy atom. The summed E-state index contributed by atoms with van der Waals surface area (Å²) < 4.78 is 8.93. The summed E-state index contributed by atoms with van der Waals surface area (Å²) in [5.41, 5.74) is 2.35. The molecule has 0 radical (unpaired) electrons. The molecule has 2 aromatic heterocycles. The second-order valence-electron chi connectivity index (χ2n) is 8.05. The molecule has 30 heavy (non-hydrogen) atoms. The Morgan fingerprint density at radius 3 is 2.47 bits per heavy atom. The van der Waals surface area contributed by atoms with E-state index in [4.69, 9.17) is 4.74 Å². The second-order valence-corrected chi connectivity index (χ2v) is 8.05. The summed E-state index contributed by atoms with van der Waals surface area (Å²) in [6.07, 6.45) is 1.84. The zero-order chi connectivity index (χ0) is 21.4. The maximum Gasteiger partial charge on any atom is 0.264 e. The SMILES string of the molecule is Cc1ccc(-n2ncc3c(=O)n(CCC(=O)N4CC(C)OC(C)C4)c(C)nc32)cc1. The van der Waals surface area contributed by atoms with Crippen LogP contribution in [0.4, 0.5) is 0 Å². The van der Waals surface area contributed by atoms with Crippen molar-refractivity contribution in [3.8, 4) is 5.69 Å². The van der Waals surface area contributed by atoms with Gasteiger partial charge in [0, 0.05) is 26.1 Å². The largest absolute Gasteiger partial charge is 0.372 e. The first kappa shape index (κ1) is 20.3. The molecule has 0 N–H and O–H groups in total. The highest BCUT2D eigenvalue weighted by Crippen LogP contribution is 2.16. The molecule has 2 atom stereocenters.